The minimum absolute atomic E-state index is 0.173. The van der Waals surface area contributed by atoms with Crippen molar-refractivity contribution < 1.29 is 0 Å². The van der Waals surface area contributed by atoms with Gasteiger partial charge >= 0.3 is 0 Å². The number of thiocarbonyl (C=S) groups is 1. The molecule has 0 aliphatic heterocycles. The maximum Gasteiger partial charge on any atom is 0.202 e. The van der Waals surface area contributed by atoms with Gasteiger partial charge in [-0.15, -0.1) is 0 Å². The molecule has 0 radical (unpaired) electrons. The number of aromatic nitrogens is 1. The van der Waals surface area contributed by atoms with E-state index in [-0.39, 0.29) is 5.11 Å². The van der Waals surface area contributed by atoms with Crippen molar-refractivity contribution in [3.05, 3.63) is 23.2 Å². The predicted molar refractivity (Wildman–Crippen MR) is 68.2 cm³/mol. The summed E-state index contributed by atoms with van der Waals surface area (Å²) in [4.78, 5) is 4.30. The molecular weight excluding hydrogens is 252 g/mol. The normalized spacial score (nSPS) is 10.2. The molecule has 4 nitrogen and oxygen atoms in total. The van der Waals surface area contributed by atoms with Gasteiger partial charge in [-0.1, -0.05) is 22.9 Å². The molecule has 0 aliphatic rings. The highest BCUT2D eigenvalue weighted by Crippen LogP contribution is 2.27. The van der Waals surface area contributed by atoms with E-state index in [1.54, 1.807) is 6.07 Å². The third kappa shape index (κ3) is 2.47. The van der Waals surface area contributed by atoms with Crippen LogP contribution in [0.3, 0.4) is 0 Å². The Bertz CT molecular complexity index is 510. The number of nitrogens with one attached hydrogen (secondary N) is 2. The van der Waals surface area contributed by atoms with Crippen LogP contribution in [0.15, 0.2) is 18.2 Å². The van der Waals surface area contributed by atoms with E-state index in [2.05, 4.69) is 28.1 Å². The Balaban J connectivity index is 2.27. The Kier molecular flexibility index (Phi) is 2.90. The molecule has 0 unspecified atom stereocenters. The van der Waals surface area contributed by atoms with Crippen molar-refractivity contribution in [1.29, 1.82) is 0 Å². The lowest BCUT2D eigenvalue weighted by Gasteiger charge is -2.01. The van der Waals surface area contributed by atoms with Crippen LogP contribution >= 0.6 is 35.2 Å². The average Bonchev–Trinajstić information content (AvgIpc) is 2.56. The summed E-state index contributed by atoms with van der Waals surface area (Å²) in [5, 5.41) is 1.56. The van der Waals surface area contributed by atoms with E-state index in [9.17, 15) is 0 Å². The van der Waals surface area contributed by atoms with Gasteiger partial charge in [-0.05, 0) is 30.4 Å². The molecule has 0 spiro atoms. The Morgan fingerprint density at radius 2 is 2.33 bits per heavy atom. The first-order chi connectivity index (χ1) is 7.15. The van der Waals surface area contributed by atoms with Crippen molar-refractivity contribution in [2.45, 2.75) is 0 Å². The van der Waals surface area contributed by atoms with E-state index in [1.165, 1.54) is 11.3 Å². The molecule has 1 heterocycles. The number of hydrogen-bond acceptors (Lipinski definition) is 4. The molecular formula is C8H7ClN4S2. The number of nitrogens with zero attached hydrogens (tertiary/aromatic N) is 1. The van der Waals surface area contributed by atoms with E-state index in [4.69, 9.17) is 17.3 Å². The molecule has 0 bridgehead atoms. The van der Waals surface area contributed by atoms with Gasteiger partial charge in [0.15, 0.2) is 5.11 Å². The van der Waals surface area contributed by atoms with Crippen LogP contribution < -0.4 is 16.6 Å². The number of fused-ring (bicyclic) bond motifs is 1. The number of hydrazine groups is 1. The first-order valence-electron chi connectivity index (χ1n) is 4.03. The lowest BCUT2D eigenvalue weighted by Crippen LogP contribution is -2.33. The number of nitrogens with two attached hydrogens (primary N) is 1. The number of rotatable bonds is 2. The lowest BCUT2D eigenvalue weighted by molar-refractivity contribution is 1.12. The molecule has 2 aromatic rings. The van der Waals surface area contributed by atoms with Gasteiger partial charge in [0.1, 0.15) is 0 Å². The number of hydrogen-bond donors (Lipinski definition) is 3. The van der Waals surface area contributed by atoms with Crippen LogP contribution in [0.1, 0.15) is 0 Å². The van der Waals surface area contributed by atoms with Crippen LogP contribution in [0.4, 0.5) is 5.13 Å². The molecule has 0 saturated heterocycles. The summed E-state index contributed by atoms with van der Waals surface area (Å²) in [7, 11) is 0. The summed E-state index contributed by atoms with van der Waals surface area (Å²) in [6.45, 7) is 0. The fourth-order valence-electron chi connectivity index (χ4n) is 1.07. The number of thiazole rings is 1. The molecule has 1 aromatic heterocycles. The van der Waals surface area contributed by atoms with Crippen LogP contribution in [0.5, 0.6) is 0 Å². The van der Waals surface area contributed by atoms with E-state index in [0.29, 0.717) is 10.2 Å². The maximum absolute atomic E-state index is 5.86. The molecule has 0 amide bonds. The predicted octanol–water partition coefficient (Wildman–Crippen LogP) is 2.11. The number of halogens is 1. The molecule has 1 aromatic carbocycles. The fourth-order valence-corrected chi connectivity index (χ4v) is 2.21. The lowest BCUT2D eigenvalue weighted by atomic mass is 10.3. The summed E-state index contributed by atoms with van der Waals surface area (Å²) in [6.07, 6.45) is 0. The highest BCUT2D eigenvalue weighted by Gasteiger charge is 2.03. The maximum atomic E-state index is 5.86. The molecule has 7 heteroatoms. The third-order valence-corrected chi connectivity index (χ3v) is 2.91. The second kappa shape index (κ2) is 4.18. The van der Waals surface area contributed by atoms with Gasteiger partial charge in [0.05, 0.1) is 10.2 Å². The van der Waals surface area contributed by atoms with Crippen LogP contribution in [-0.4, -0.2) is 10.1 Å². The monoisotopic (exact) mass is 258 g/mol. The van der Waals surface area contributed by atoms with Gasteiger partial charge in [-0.25, -0.2) is 4.98 Å². The molecule has 2 rings (SSSR count). The van der Waals surface area contributed by atoms with E-state index in [1.807, 2.05) is 12.1 Å². The second-order valence-corrected chi connectivity index (χ2v) is 4.65. The summed E-state index contributed by atoms with van der Waals surface area (Å²) in [5.41, 5.74) is 11.6. The molecule has 0 fully saturated rings. The zero-order chi connectivity index (χ0) is 10.8. The van der Waals surface area contributed by atoms with Gasteiger partial charge in [-0.2, -0.15) is 0 Å². The topological polar surface area (TPSA) is 63.0 Å². The molecule has 78 valence electrons. The summed E-state index contributed by atoms with van der Waals surface area (Å²) >= 11 is 12.0. The number of benzene rings is 1. The fraction of sp³-hybridized carbons (Fsp3) is 0. The van der Waals surface area contributed by atoms with Crippen LogP contribution in [-0.2, 0) is 0 Å². The van der Waals surface area contributed by atoms with E-state index >= 15 is 0 Å². The highest BCUT2D eigenvalue weighted by atomic mass is 35.5. The molecule has 0 atom stereocenters. The van der Waals surface area contributed by atoms with Gasteiger partial charge in [0.2, 0.25) is 5.13 Å². The van der Waals surface area contributed by atoms with Crippen molar-refractivity contribution in [2.24, 2.45) is 5.73 Å². The largest absolute Gasteiger partial charge is 0.375 e. The highest BCUT2D eigenvalue weighted by molar-refractivity contribution is 7.80. The summed E-state index contributed by atoms with van der Waals surface area (Å²) in [6, 6.07) is 5.52. The molecule has 0 saturated carbocycles. The Labute approximate surface area is 100 Å². The minimum Gasteiger partial charge on any atom is -0.375 e. The first kappa shape index (κ1) is 10.4. The van der Waals surface area contributed by atoms with E-state index < -0.39 is 0 Å². The SMILES string of the molecule is NC(=S)NNc1nc2ccc(Cl)cc2s1. The average molecular weight is 259 g/mol. The van der Waals surface area contributed by atoms with Crippen LogP contribution in [0.25, 0.3) is 10.2 Å². The van der Waals surface area contributed by atoms with Crippen molar-refractivity contribution in [1.82, 2.24) is 10.4 Å². The molecule has 4 N–H and O–H groups in total. The van der Waals surface area contributed by atoms with Crippen molar-refractivity contribution >= 4 is 55.6 Å². The smallest absolute Gasteiger partial charge is 0.202 e. The Hall–Kier alpha value is -1.11. The summed E-state index contributed by atoms with van der Waals surface area (Å²) in [5.74, 6) is 0. The van der Waals surface area contributed by atoms with Crippen LogP contribution in [0, 0.1) is 0 Å². The first-order valence-corrected chi connectivity index (χ1v) is 5.63. The minimum atomic E-state index is 0.173. The van der Waals surface area contributed by atoms with Gasteiger partial charge in [0, 0.05) is 5.02 Å². The van der Waals surface area contributed by atoms with Gasteiger partial charge < -0.3 is 5.73 Å². The van der Waals surface area contributed by atoms with Gasteiger partial charge in [-0.3, -0.25) is 10.9 Å². The van der Waals surface area contributed by atoms with Crippen molar-refractivity contribution in [3.8, 4) is 0 Å². The van der Waals surface area contributed by atoms with E-state index in [0.717, 1.165) is 10.2 Å². The van der Waals surface area contributed by atoms with Crippen molar-refractivity contribution in [3.63, 3.8) is 0 Å². The third-order valence-electron chi connectivity index (χ3n) is 1.64. The van der Waals surface area contributed by atoms with Gasteiger partial charge in [0.25, 0.3) is 0 Å². The quantitative estimate of drug-likeness (QED) is 0.569. The Morgan fingerprint density at radius 3 is 3.07 bits per heavy atom. The molecule has 0 aliphatic carbocycles. The second-order valence-electron chi connectivity index (χ2n) is 2.75. The zero-order valence-electron chi connectivity index (χ0n) is 7.45. The Morgan fingerprint density at radius 1 is 1.53 bits per heavy atom. The zero-order valence-corrected chi connectivity index (χ0v) is 9.84. The van der Waals surface area contributed by atoms with Crippen molar-refractivity contribution in [2.75, 3.05) is 5.43 Å². The van der Waals surface area contributed by atoms with Crippen LogP contribution in [0.2, 0.25) is 5.02 Å². The molecule has 15 heavy (non-hydrogen) atoms. The standard InChI is InChI=1S/C8H7ClN4S2/c9-4-1-2-5-6(3-4)15-8(11-5)13-12-7(10)14/h1-3H,(H,11,13)(H3,10,12,14). The summed E-state index contributed by atoms with van der Waals surface area (Å²) < 4.78 is 1.01. The number of anilines is 1.